The molecule has 0 spiro atoms. The van der Waals surface area contributed by atoms with Crippen LogP contribution in [0.5, 0.6) is 0 Å². The highest BCUT2D eigenvalue weighted by Crippen LogP contribution is 2.65. The van der Waals surface area contributed by atoms with Crippen LogP contribution in [0.3, 0.4) is 0 Å². The predicted octanol–water partition coefficient (Wildman–Crippen LogP) is 3.91. The van der Waals surface area contributed by atoms with Crippen LogP contribution in [0.15, 0.2) is 24.3 Å². The molecule has 0 amide bonds. The Bertz CT molecular complexity index is 531. The second-order valence-electron chi connectivity index (χ2n) is 7.60. The Kier molecular flexibility index (Phi) is 3.18. The third-order valence-corrected chi connectivity index (χ3v) is 6.17. The van der Waals surface area contributed by atoms with Crippen LogP contribution < -0.4 is 0 Å². The Labute approximate surface area is 126 Å². The Morgan fingerprint density at radius 1 is 1.14 bits per heavy atom. The van der Waals surface area contributed by atoms with E-state index in [1.807, 2.05) is 0 Å². The Morgan fingerprint density at radius 3 is 2.48 bits per heavy atom. The summed E-state index contributed by atoms with van der Waals surface area (Å²) in [5, 5.41) is 0. The lowest BCUT2D eigenvalue weighted by molar-refractivity contribution is -0.135. The lowest BCUT2D eigenvalue weighted by atomic mass is 9.73. The average molecular weight is 284 g/mol. The van der Waals surface area contributed by atoms with Crippen molar-refractivity contribution in [1.29, 1.82) is 0 Å². The molecule has 2 atom stereocenters. The monoisotopic (exact) mass is 284 g/mol. The highest BCUT2D eigenvalue weighted by Gasteiger charge is 2.60. The van der Waals surface area contributed by atoms with Crippen LogP contribution in [0, 0.1) is 30.1 Å². The van der Waals surface area contributed by atoms with Gasteiger partial charge in [0, 0.05) is 5.41 Å². The van der Waals surface area contributed by atoms with E-state index in [1.54, 1.807) is 0 Å². The maximum absolute atomic E-state index is 12.7. The number of rotatable bonds is 5. The average Bonchev–Trinajstić information content (AvgIpc) is 2.87. The van der Waals surface area contributed by atoms with Gasteiger partial charge in [0.1, 0.15) is 6.61 Å². The molecular formula is C19H24O2. The fourth-order valence-electron chi connectivity index (χ4n) is 5.34. The summed E-state index contributed by atoms with van der Waals surface area (Å²) in [6.45, 7) is 2.95. The lowest BCUT2D eigenvalue weighted by Gasteiger charge is -2.31. The minimum atomic E-state index is 0.0147. The highest BCUT2D eigenvalue weighted by molar-refractivity contribution is 5.87. The summed E-state index contributed by atoms with van der Waals surface area (Å²) < 4.78 is 5.74. The van der Waals surface area contributed by atoms with Gasteiger partial charge < -0.3 is 4.74 Å². The number of carbonyl (C=O) groups excluding carboxylic acids is 1. The van der Waals surface area contributed by atoms with Crippen LogP contribution in [-0.4, -0.2) is 12.4 Å². The second kappa shape index (κ2) is 4.95. The van der Waals surface area contributed by atoms with E-state index in [0.29, 0.717) is 24.9 Å². The number of ketones is 1. The molecule has 0 aliphatic heterocycles. The maximum Gasteiger partial charge on any atom is 0.164 e. The molecule has 4 fully saturated rings. The zero-order valence-electron chi connectivity index (χ0n) is 12.8. The molecule has 0 saturated heterocycles. The molecule has 4 bridgehead atoms. The van der Waals surface area contributed by atoms with Crippen LogP contribution in [0.1, 0.15) is 43.2 Å². The summed E-state index contributed by atoms with van der Waals surface area (Å²) in [6.07, 6.45) is 6.30. The molecule has 2 nitrogen and oxygen atoms in total. The molecule has 5 rings (SSSR count). The molecular weight excluding hydrogens is 260 g/mol. The molecule has 21 heavy (non-hydrogen) atoms. The smallest absolute Gasteiger partial charge is 0.164 e. The van der Waals surface area contributed by atoms with Gasteiger partial charge in [0.2, 0.25) is 0 Å². The van der Waals surface area contributed by atoms with Gasteiger partial charge in [-0.2, -0.15) is 0 Å². The third kappa shape index (κ3) is 2.24. The molecule has 0 aromatic heterocycles. The van der Waals surface area contributed by atoms with Gasteiger partial charge in [0.25, 0.3) is 0 Å². The molecule has 0 radical (unpaired) electrons. The van der Waals surface area contributed by atoms with Crippen molar-refractivity contribution in [3.63, 3.8) is 0 Å². The fraction of sp³-hybridized carbons (Fsp3) is 0.632. The Morgan fingerprint density at radius 2 is 1.81 bits per heavy atom. The molecule has 4 saturated carbocycles. The van der Waals surface area contributed by atoms with Crippen molar-refractivity contribution < 1.29 is 9.53 Å². The van der Waals surface area contributed by atoms with Crippen molar-refractivity contribution in [3.05, 3.63) is 35.4 Å². The number of aryl methyl sites for hydroxylation is 1. The molecule has 1 aromatic rings. The minimum absolute atomic E-state index is 0.0147. The molecule has 4 aliphatic rings. The molecule has 0 N–H and O–H groups in total. The van der Waals surface area contributed by atoms with E-state index in [1.165, 1.54) is 24.8 Å². The van der Waals surface area contributed by atoms with Gasteiger partial charge in [-0.15, -0.1) is 0 Å². The van der Waals surface area contributed by atoms with Gasteiger partial charge in [-0.1, -0.05) is 29.8 Å². The van der Waals surface area contributed by atoms with Crippen molar-refractivity contribution in [2.24, 2.45) is 23.2 Å². The first-order valence-corrected chi connectivity index (χ1v) is 8.32. The van der Waals surface area contributed by atoms with Crippen LogP contribution in [0.4, 0.5) is 0 Å². The largest absolute Gasteiger partial charge is 0.369 e. The van der Waals surface area contributed by atoms with Crippen molar-refractivity contribution >= 4 is 5.78 Å². The number of ether oxygens (including phenoxy) is 1. The van der Waals surface area contributed by atoms with Crippen LogP contribution in [-0.2, 0) is 16.1 Å². The van der Waals surface area contributed by atoms with Crippen LogP contribution >= 0.6 is 0 Å². The summed E-state index contributed by atoms with van der Waals surface area (Å²) in [6, 6.07) is 8.36. The lowest BCUT2D eigenvalue weighted by Crippen LogP contribution is -2.35. The Balaban J connectivity index is 1.35. The number of hydrogen-bond acceptors (Lipinski definition) is 2. The Hall–Kier alpha value is -1.15. The van der Waals surface area contributed by atoms with Gasteiger partial charge in [0.05, 0.1) is 6.61 Å². The van der Waals surface area contributed by atoms with Crippen molar-refractivity contribution in [3.8, 4) is 0 Å². The number of benzene rings is 1. The topological polar surface area (TPSA) is 26.3 Å². The third-order valence-electron chi connectivity index (χ3n) is 6.17. The molecule has 112 valence electrons. The van der Waals surface area contributed by atoms with Crippen molar-refractivity contribution in [2.45, 2.75) is 45.6 Å². The second-order valence-corrected chi connectivity index (χ2v) is 7.60. The van der Waals surface area contributed by atoms with Gasteiger partial charge in [-0.25, -0.2) is 0 Å². The quantitative estimate of drug-likeness (QED) is 0.819. The molecule has 1 aromatic carbocycles. The summed E-state index contributed by atoms with van der Waals surface area (Å²) in [5.41, 5.74) is 2.43. The molecule has 0 heterocycles. The molecule has 2 unspecified atom stereocenters. The van der Waals surface area contributed by atoms with Crippen molar-refractivity contribution in [2.75, 3.05) is 6.61 Å². The number of carbonyl (C=O) groups is 1. The van der Waals surface area contributed by atoms with E-state index < -0.39 is 0 Å². The summed E-state index contributed by atoms with van der Waals surface area (Å²) in [5.74, 6) is 2.74. The standard InChI is InChI=1S/C19H24O2/c1-13-2-4-14(5-3-13)11-21-12-18(20)19-9-15-6-16(10-19)8-17(19)7-15/h2-5,15-17H,6-12H2,1H3. The SMILES string of the molecule is Cc1ccc(COCC(=O)C23CC4CC(CC2C4)C3)cc1. The van der Waals surface area contributed by atoms with Crippen LogP contribution in [0.25, 0.3) is 0 Å². The molecule has 2 heteroatoms. The first kappa shape index (κ1) is 13.5. The zero-order chi connectivity index (χ0) is 14.4. The molecule has 4 aliphatic carbocycles. The maximum atomic E-state index is 12.7. The summed E-state index contributed by atoms with van der Waals surface area (Å²) >= 11 is 0. The van der Waals surface area contributed by atoms with E-state index in [2.05, 4.69) is 31.2 Å². The van der Waals surface area contributed by atoms with E-state index in [-0.39, 0.29) is 5.41 Å². The van der Waals surface area contributed by atoms with Gasteiger partial charge >= 0.3 is 0 Å². The predicted molar refractivity (Wildman–Crippen MR) is 81.8 cm³/mol. The van der Waals surface area contributed by atoms with Crippen molar-refractivity contribution in [1.82, 2.24) is 0 Å². The first-order chi connectivity index (χ1) is 10.2. The van der Waals surface area contributed by atoms with Gasteiger partial charge in [-0.3, -0.25) is 4.79 Å². The van der Waals surface area contributed by atoms with Crippen LogP contribution in [0.2, 0.25) is 0 Å². The zero-order valence-corrected chi connectivity index (χ0v) is 12.8. The number of Topliss-reactive ketones (excluding diaryl/α,β-unsaturated/α-hetero) is 1. The van der Waals surface area contributed by atoms with E-state index in [0.717, 1.165) is 30.2 Å². The summed E-state index contributed by atoms with van der Waals surface area (Å²) in [4.78, 5) is 12.7. The van der Waals surface area contributed by atoms with E-state index in [9.17, 15) is 4.79 Å². The van der Waals surface area contributed by atoms with E-state index in [4.69, 9.17) is 4.74 Å². The number of hydrogen-bond donors (Lipinski definition) is 0. The normalized spacial score (nSPS) is 36.3. The van der Waals surface area contributed by atoms with Gasteiger partial charge in [0.15, 0.2) is 5.78 Å². The first-order valence-electron chi connectivity index (χ1n) is 8.32. The highest BCUT2D eigenvalue weighted by atomic mass is 16.5. The fourth-order valence-corrected chi connectivity index (χ4v) is 5.34. The summed E-state index contributed by atoms with van der Waals surface area (Å²) in [7, 11) is 0. The van der Waals surface area contributed by atoms with E-state index >= 15 is 0 Å². The van der Waals surface area contributed by atoms with Gasteiger partial charge in [-0.05, 0) is 62.3 Å². The minimum Gasteiger partial charge on any atom is -0.369 e.